The van der Waals surface area contributed by atoms with E-state index < -0.39 is 0 Å². The molecule has 0 bridgehead atoms. The quantitative estimate of drug-likeness (QED) is 0.423. The Balaban J connectivity index is 1.87. The molecule has 2 rings (SSSR count). The summed E-state index contributed by atoms with van der Waals surface area (Å²) in [5.74, 6) is 0.213. The normalized spacial score (nSPS) is 10.8. The van der Waals surface area contributed by atoms with Crippen LogP contribution >= 0.6 is 0 Å². The van der Waals surface area contributed by atoms with E-state index in [1.165, 1.54) is 6.08 Å². The predicted molar refractivity (Wildman–Crippen MR) is 89.8 cm³/mol. The van der Waals surface area contributed by atoms with Crippen LogP contribution in [-0.2, 0) is 16.6 Å². The number of ketones is 1. The van der Waals surface area contributed by atoms with E-state index in [-0.39, 0.29) is 24.8 Å². The molecule has 2 aromatic rings. The molecule has 0 aliphatic heterocycles. The second kappa shape index (κ2) is 8.67. The number of nitrogens with zero attached hydrogens (tertiary/aromatic N) is 2. The van der Waals surface area contributed by atoms with Crippen molar-refractivity contribution in [3.05, 3.63) is 53.9 Å². The Morgan fingerprint density at radius 3 is 2.58 bits per heavy atom. The molecule has 1 aromatic heterocycles. The van der Waals surface area contributed by atoms with Crippen molar-refractivity contribution in [2.45, 2.75) is 13.3 Å². The van der Waals surface area contributed by atoms with Crippen LogP contribution in [-0.4, -0.2) is 34.7 Å². The zero-order valence-electron chi connectivity index (χ0n) is 13.8. The van der Waals surface area contributed by atoms with Crippen molar-refractivity contribution in [1.82, 2.24) is 9.78 Å². The number of hydrogen-bond donors (Lipinski definition) is 0. The highest BCUT2D eigenvalue weighted by molar-refractivity contribution is 6.06. The van der Waals surface area contributed by atoms with Crippen molar-refractivity contribution in [3.8, 4) is 5.75 Å². The largest absolute Gasteiger partial charge is 0.493 e. The van der Waals surface area contributed by atoms with Crippen LogP contribution in [0.5, 0.6) is 5.75 Å². The molecule has 0 N–H and O–H groups in total. The third-order valence-corrected chi connectivity index (χ3v) is 3.28. The van der Waals surface area contributed by atoms with E-state index in [0.717, 1.165) is 5.69 Å². The molecule has 24 heavy (non-hydrogen) atoms. The molecule has 6 nitrogen and oxygen atoms in total. The van der Waals surface area contributed by atoms with E-state index in [2.05, 4.69) is 5.10 Å². The van der Waals surface area contributed by atoms with Gasteiger partial charge in [-0.05, 0) is 49.4 Å². The number of ether oxygens (including phenoxy) is 2. The average Bonchev–Trinajstić information content (AvgIpc) is 2.98. The SMILES string of the molecule is CCOC(=O)CCOc1ccc(C(=O)C=Cc2ccnn2C)cc1. The number of hydrogen-bond acceptors (Lipinski definition) is 5. The van der Waals surface area contributed by atoms with Gasteiger partial charge in [-0.1, -0.05) is 0 Å². The fourth-order valence-electron chi connectivity index (χ4n) is 2.01. The molecule has 0 saturated carbocycles. The summed E-state index contributed by atoms with van der Waals surface area (Å²) >= 11 is 0. The molecule has 0 spiro atoms. The van der Waals surface area contributed by atoms with Gasteiger partial charge >= 0.3 is 5.97 Å². The number of benzene rings is 1. The number of rotatable bonds is 8. The maximum absolute atomic E-state index is 12.1. The van der Waals surface area contributed by atoms with Gasteiger partial charge in [-0.3, -0.25) is 14.3 Å². The molecule has 0 saturated heterocycles. The third kappa shape index (κ3) is 5.08. The fraction of sp³-hybridized carbons (Fsp3) is 0.278. The number of allylic oxidation sites excluding steroid dienone is 1. The zero-order chi connectivity index (χ0) is 17.4. The first-order valence-corrected chi connectivity index (χ1v) is 7.69. The number of aryl methyl sites for hydroxylation is 1. The summed E-state index contributed by atoms with van der Waals surface area (Å²) in [7, 11) is 1.81. The Labute approximate surface area is 140 Å². The van der Waals surface area contributed by atoms with Crippen molar-refractivity contribution in [2.24, 2.45) is 7.05 Å². The maximum atomic E-state index is 12.1. The second-order valence-electron chi connectivity index (χ2n) is 5.01. The average molecular weight is 328 g/mol. The lowest BCUT2D eigenvalue weighted by molar-refractivity contribution is -0.143. The number of carbonyl (C=O) groups excluding carboxylic acids is 2. The minimum absolute atomic E-state index is 0.103. The molecule has 0 fully saturated rings. The first-order chi connectivity index (χ1) is 11.6. The van der Waals surface area contributed by atoms with Gasteiger partial charge in [0.05, 0.1) is 25.3 Å². The first-order valence-electron chi connectivity index (χ1n) is 7.69. The molecular formula is C18H20N2O4. The van der Waals surface area contributed by atoms with E-state index in [9.17, 15) is 9.59 Å². The van der Waals surface area contributed by atoms with Crippen LogP contribution in [0.4, 0.5) is 0 Å². The van der Waals surface area contributed by atoms with Crippen LogP contribution in [0.3, 0.4) is 0 Å². The highest BCUT2D eigenvalue weighted by atomic mass is 16.5. The first kappa shape index (κ1) is 17.5. The third-order valence-electron chi connectivity index (χ3n) is 3.28. The van der Waals surface area contributed by atoms with Gasteiger partial charge in [0.25, 0.3) is 0 Å². The van der Waals surface area contributed by atoms with Gasteiger partial charge in [-0.25, -0.2) is 0 Å². The van der Waals surface area contributed by atoms with Gasteiger partial charge in [0.2, 0.25) is 0 Å². The highest BCUT2D eigenvalue weighted by Crippen LogP contribution is 2.14. The van der Waals surface area contributed by atoms with Crippen molar-refractivity contribution in [2.75, 3.05) is 13.2 Å². The summed E-state index contributed by atoms with van der Waals surface area (Å²) in [6.07, 6.45) is 5.10. The van der Waals surface area contributed by atoms with E-state index >= 15 is 0 Å². The summed E-state index contributed by atoms with van der Waals surface area (Å²) in [6, 6.07) is 8.61. The summed E-state index contributed by atoms with van der Waals surface area (Å²) in [4.78, 5) is 23.3. The number of aromatic nitrogens is 2. The summed E-state index contributed by atoms with van der Waals surface area (Å²) in [6.45, 7) is 2.37. The number of esters is 1. The highest BCUT2D eigenvalue weighted by Gasteiger charge is 2.05. The molecule has 1 aromatic carbocycles. The number of carbonyl (C=O) groups is 2. The van der Waals surface area contributed by atoms with Crippen molar-refractivity contribution in [3.63, 3.8) is 0 Å². The second-order valence-corrected chi connectivity index (χ2v) is 5.01. The molecule has 0 aliphatic rings. The molecule has 0 unspecified atom stereocenters. The Morgan fingerprint density at radius 1 is 1.21 bits per heavy atom. The zero-order valence-corrected chi connectivity index (χ0v) is 13.8. The predicted octanol–water partition coefficient (Wildman–Crippen LogP) is 2.65. The van der Waals surface area contributed by atoms with Gasteiger partial charge in [0.1, 0.15) is 5.75 Å². The fourth-order valence-corrected chi connectivity index (χ4v) is 2.01. The molecule has 0 atom stereocenters. The topological polar surface area (TPSA) is 70.4 Å². The molecule has 6 heteroatoms. The lowest BCUT2D eigenvalue weighted by Crippen LogP contribution is -2.09. The van der Waals surface area contributed by atoms with Crippen LogP contribution in [0, 0.1) is 0 Å². The summed E-state index contributed by atoms with van der Waals surface area (Å²) in [5, 5.41) is 4.04. The minimum atomic E-state index is -0.287. The van der Waals surface area contributed by atoms with E-state index in [0.29, 0.717) is 17.9 Å². The van der Waals surface area contributed by atoms with Crippen LogP contribution in [0.25, 0.3) is 6.08 Å². The molecular weight excluding hydrogens is 308 g/mol. The van der Waals surface area contributed by atoms with Gasteiger partial charge in [-0.2, -0.15) is 5.10 Å². The molecule has 0 amide bonds. The lowest BCUT2D eigenvalue weighted by atomic mass is 10.1. The van der Waals surface area contributed by atoms with Crippen molar-refractivity contribution >= 4 is 17.8 Å². The summed E-state index contributed by atoms with van der Waals surface area (Å²) < 4.78 is 12.0. The Bertz CT molecular complexity index is 717. The van der Waals surface area contributed by atoms with Gasteiger partial charge in [0.15, 0.2) is 5.78 Å². The lowest BCUT2D eigenvalue weighted by Gasteiger charge is -2.06. The van der Waals surface area contributed by atoms with Gasteiger partial charge in [0, 0.05) is 18.8 Å². The maximum Gasteiger partial charge on any atom is 0.309 e. The van der Waals surface area contributed by atoms with Crippen LogP contribution in [0.15, 0.2) is 42.6 Å². The van der Waals surface area contributed by atoms with E-state index in [1.807, 2.05) is 13.1 Å². The van der Waals surface area contributed by atoms with E-state index in [1.54, 1.807) is 48.1 Å². The van der Waals surface area contributed by atoms with Crippen LogP contribution < -0.4 is 4.74 Å². The van der Waals surface area contributed by atoms with Crippen molar-refractivity contribution in [1.29, 1.82) is 0 Å². The molecule has 1 heterocycles. The Kier molecular flexibility index (Phi) is 6.31. The molecule has 126 valence electrons. The Morgan fingerprint density at radius 2 is 1.96 bits per heavy atom. The minimum Gasteiger partial charge on any atom is -0.493 e. The van der Waals surface area contributed by atoms with Gasteiger partial charge < -0.3 is 9.47 Å². The standard InChI is InChI=1S/C18H20N2O4/c1-3-23-18(22)11-13-24-16-7-4-14(5-8-16)17(21)9-6-15-10-12-19-20(15)2/h4-10,12H,3,11,13H2,1-2H3. The smallest absolute Gasteiger partial charge is 0.309 e. The summed E-state index contributed by atoms with van der Waals surface area (Å²) in [5.41, 5.74) is 1.41. The van der Waals surface area contributed by atoms with E-state index in [4.69, 9.17) is 9.47 Å². The van der Waals surface area contributed by atoms with Gasteiger partial charge in [-0.15, -0.1) is 0 Å². The van der Waals surface area contributed by atoms with Crippen LogP contribution in [0.2, 0.25) is 0 Å². The molecule has 0 aliphatic carbocycles. The molecule has 0 radical (unpaired) electrons. The van der Waals surface area contributed by atoms with Crippen molar-refractivity contribution < 1.29 is 19.1 Å². The van der Waals surface area contributed by atoms with Crippen LogP contribution in [0.1, 0.15) is 29.4 Å². The monoisotopic (exact) mass is 328 g/mol. The Hall–Kier alpha value is -2.89.